The van der Waals surface area contributed by atoms with Crippen LogP contribution >= 0.6 is 0 Å². The molecule has 3 aromatic rings. The Morgan fingerprint density at radius 3 is 2.41 bits per heavy atom. The average Bonchev–Trinajstić information content (AvgIpc) is 3.64. The Morgan fingerprint density at radius 2 is 1.64 bits per heavy atom. The first-order valence-electron chi connectivity index (χ1n) is 13.0. The largest absolute Gasteiger partial charge is 0.467 e. The lowest BCUT2D eigenvalue weighted by molar-refractivity contribution is -0.141. The van der Waals surface area contributed by atoms with Gasteiger partial charge in [-0.3, -0.25) is 14.5 Å². The third-order valence-electron chi connectivity index (χ3n) is 6.83. The van der Waals surface area contributed by atoms with E-state index in [1.165, 1.54) is 12.1 Å². The van der Waals surface area contributed by atoms with Crippen LogP contribution in [0.1, 0.15) is 16.9 Å². The van der Waals surface area contributed by atoms with Gasteiger partial charge in [-0.05, 0) is 47.5 Å². The summed E-state index contributed by atoms with van der Waals surface area (Å²) in [5.41, 5.74) is 1.56. The number of rotatable bonds is 11. The van der Waals surface area contributed by atoms with E-state index in [2.05, 4.69) is 4.90 Å². The maximum Gasteiger partial charge on any atom is 0.242 e. The van der Waals surface area contributed by atoms with E-state index in [1.54, 1.807) is 34.3 Å². The summed E-state index contributed by atoms with van der Waals surface area (Å²) < 4.78 is 35.3. The number of carbonyl (C=O) groups excluding carboxylic acids is 2. The van der Waals surface area contributed by atoms with Gasteiger partial charge in [-0.1, -0.05) is 18.2 Å². The summed E-state index contributed by atoms with van der Waals surface area (Å²) in [6.45, 7) is 4.52. The van der Waals surface area contributed by atoms with Gasteiger partial charge in [0.05, 0.1) is 39.0 Å². The minimum atomic E-state index is -0.359. The smallest absolute Gasteiger partial charge is 0.242 e. The Labute approximate surface area is 226 Å². The lowest BCUT2D eigenvalue weighted by Gasteiger charge is -2.31. The molecule has 0 spiro atoms. The molecule has 0 radical (unpaired) electrons. The number of amides is 2. The summed E-state index contributed by atoms with van der Waals surface area (Å²) in [7, 11) is 0. The predicted molar refractivity (Wildman–Crippen MR) is 139 cm³/mol. The van der Waals surface area contributed by atoms with E-state index in [1.807, 2.05) is 24.3 Å². The minimum absolute atomic E-state index is 0.0804. The summed E-state index contributed by atoms with van der Waals surface area (Å²) in [6, 6.07) is 15.0. The number of benzene rings is 2. The third kappa shape index (κ3) is 7.36. The molecular formula is C29H32FN3O6. The maximum absolute atomic E-state index is 13.7. The van der Waals surface area contributed by atoms with Crippen molar-refractivity contribution >= 4 is 11.8 Å². The summed E-state index contributed by atoms with van der Waals surface area (Å²) >= 11 is 0. The van der Waals surface area contributed by atoms with Gasteiger partial charge in [0.15, 0.2) is 11.5 Å². The van der Waals surface area contributed by atoms with Gasteiger partial charge < -0.3 is 28.4 Å². The van der Waals surface area contributed by atoms with E-state index < -0.39 is 0 Å². The monoisotopic (exact) mass is 537 g/mol. The van der Waals surface area contributed by atoms with Crippen LogP contribution in [0.5, 0.6) is 11.5 Å². The second kappa shape index (κ2) is 12.8. The zero-order valence-corrected chi connectivity index (χ0v) is 21.7. The van der Waals surface area contributed by atoms with E-state index >= 15 is 0 Å². The molecule has 5 rings (SSSR count). The SMILES string of the molecule is O=C(Cc1ccc(F)cc1)N(CCN1CCOCC1)CC(=O)N(Cc1ccc2c(c1)OCO2)Cc1ccco1. The van der Waals surface area contributed by atoms with E-state index in [4.69, 9.17) is 18.6 Å². The molecule has 2 aliphatic heterocycles. The van der Waals surface area contributed by atoms with Crippen molar-refractivity contribution in [1.82, 2.24) is 14.7 Å². The highest BCUT2D eigenvalue weighted by Crippen LogP contribution is 2.33. The van der Waals surface area contributed by atoms with E-state index in [0.29, 0.717) is 55.7 Å². The fourth-order valence-corrected chi connectivity index (χ4v) is 4.61. The molecule has 2 amide bonds. The number of hydrogen-bond donors (Lipinski definition) is 0. The molecule has 206 valence electrons. The summed E-state index contributed by atoms with van der Waals surface area (Å²) in [5.74, 6) is 1.19. The van der Waals surface area contributed by atoms with Gasteiger partial charge >= 0.3 is 0 Å². The first-order chi connectivity index (χ1) is 19.0. The number of fused-ring (bicyclic) bond motifs is 1. The van der Waals surface area contributed by atoms with Crippen LogP contribution in [0.25, 0.3) is 0 Å². The van der Waals surface area contributed by atoms with Gasteiger partial charge in [0, 0.05) is 32.7 Å². The van der Waals surface area contributed by atoms with Crippen LogP contribution in [0.4, 0.5) is 4.39 Å². The van der Waals surface area contributed by atoms with E-state index in [-0.39, 0.29) is 43.9 Å². The van der Waals surface area contributed by atoms with Crippen LogP contribution < -0.4 is 9.47 Å². The zero-order valence-electron chi connectivity index (χ0n) is 21.7. The van der Waals surface area contributed by atoms with E-state index in [0.717, 1.165) is 18.7 Å². The summed E-state index contributed by atoms with van der Waals surface area (Å²) in [6.07, 6.45) is 1.65. The van der Waals surface area contributed by atoms with Gasteiger partial charge in [-0.2, -0.15) is 0 Å². The molecule has 2 aliphatic rings. The molecule has 0 N–H and O–H groups in total. The van der Waals surface area contributed by atoms with Crippen LogP contribution in [0, 0.1) is 5.82 Å². The van der Waals surface area contributed by atoms with Gasteiger partial charge in [0.2, 0.25) is 18.6 Å². The molecule has 1 saturated heterocycles. The average molecular weight is 538 g/mol. The van der Waals surface area contributed by atoms with Crippen LogP contribution in [-0.4, -0.2) is 79.2 Å². The number of halogens is 1. The molecule has 0 bridgehead atoms. The Hall–Kier alpha value is -3.89. The Morgan fingerprint density at radius 1 is 0.872 bits per heavy atom. The number of ether oxygens (including phenoxy) is 3. The standard InChI is InChI=1S/C29H32FN3O6/c30-24-6-3-22(4-7-24)17-28(34)32(10-9-31-11-14-36-15-12-31)20-29(35)33(19-25-2-1-13-37-25)18-23-5-8-26-27(16-23)39-21-38-26/h1-8,13,16H,9-12,14-15,17-21H2. The van der Waals surface area contributed by atoms with Gasteiger partial charge in [0.1, 0.15) is 11.6 Å². The van der Waals surface area contributed by atoms with Crippen molar-refractivity contribution in [3.05, 3.63) is 83.6 Å². The Kier molecular flexibility index (Phi) is 8.75. The first kappa shape index (κ1) is 26.7. The topological polar surface area (TPSA) is 84.7 Å². The van der Waals surface area contributed by atoms with Crippen molar-refractivity contribution in [2.24, 2.45) is 0 Å². The van der Waals surface area contributed by atoms with Crippen molar-refractivity contribution in [1.29, 1.82) is 0 Å². The highest BCUT2D eigenvalue weighted by Gasteiger charge is 2.24. The van der Waals surface area contributed by atoms with Crippen molar-refractivity contribution < 1.29 is 32.6 Å². The second-order valence-electron chi connectivity index (χ2n) is 9.59. The molecule has 0 saturated carbocycles. The fraction of sp³-hybridized carbons (Fsp3) is 0.379. The molecule has 9 nitrogen and oxygen atoms in total. The van der Waals surface area contributed by atoms with Crippen molar-refractivity contribution in [3.63, 3.8) is 0 Å². The Bertz CT molecular complexity index is 1240. The molecule has 3 heterocycles. The number of carbonyl (C=O) groups is 2. The van der Waals surface area contributed by atoms with Gasteiger partial charge in [0.25, 0.3) is 0 Å². The van der Waals surface area contributed by atoms with Crippen LogP contribution in [0.3, 0.4) is 0 Å². The normalized spacial score (nSPS) is 14.8. The number of nitrogens with zero attached hydrogens (tertiary/aromatic N) is 3. The van der Waals surface area contributed by atoms with Crippen molar-refractivity contribution in [2.75, 3.05) is 52.7 Å². The lowest BCUT2D eigenvalue weighted by atomic mass is 10.1. The van der Waals surface area contributed by atoms with Crippen molar-refractivity contribution in [3.8, 4) is 11.5 Å². The molecule has 39 heavy (non-hydrogen) atoms. The lowest BCUT2D eigenvalue weighted by Crippen LogP contribution is -2.47. The first-order valence-corrected chi connectivity index (χ1v) is 13.0. The van der Waals surface area contributed by atoms with Gasteiger partial charge in [-0.25, -0.2) is 4.39 Å². The van der Waals surface area contributed by atoms with Gasteiger partial charge in [-0.15, -0.1) is 0 Å². The van der Waals surface area contributed by atoms with E-state index in [9.17, 15) is 14.0 Å². The van der Waals surface area contributed by atoms with Crippen LogP contribution in [0.2, 0.25) is 0 Å². The quantitative estimate of drug-likeness (QED) is 0.372. The summed E-state index contributed by atoms with van der Waals surface area (Å²) in [5, 5.41) is 0. The molecule has 10 heteroatoms. The van der Waals surface area contributed by atoms with Crippen LogP contribution in [0.15, 0.2) is 65.3 Å². The molecule has 2 aromatic carbocycles. The predicted octanol–water partition coefficient (Wildman–Crippen LogP) is 3.08. The second-order valence-corrected chi connectivity index (χ2v) is 9.59. The molecule has 0 unspecified atom stereocenters. The number of hydrogen-bond acceptors (Lipinski definition) is 7. The molecule has 1 fully saturated rings. The van der Waals surface area contributed by atoms with Crippen LogP contribution in [-0.2, 0) is 33.8 Å². The minimum Gasteiger partial charge on any atom is -0.467 e. The summed E-state index contributed by atoms with van der Waals surface area (Å²) in [4.78, 5) is 32.6. The molecule has 0 atom stereocenters. The molecule has 1 aromatic heterocycles. The zero-order chi connectivity index (χ0) is 27.0. The number of morpholine rings is 1. The molecular weight excluding hydrogens is 505 g/mol. The number of furan rings is 1. The maximum atomic E-state index is 13.7. The van der Waals surface area contributed by atoms with Crippen molar-refractivity contribution in [2.45, 2.75) is 19.5 Å². The molecule has 0 aliphatic carbocycles. The highest BCUT2D eigenvalue weighted by molar-refractivity contribution is 5.86. The Balaban J connectivity index is 1.31. The third-order valence-corrected chi connectivity index (χ3v) is 6.83. The fourth-order valence-electron chi connectivity index (χ4n) is 4.61. The highest BCUT2D eigenvalue weighted by atomic mass is 19.1.